The molecule has 1 atom stereocenters. The molecule has 1 aliphatic rings. The molecule has 0 fully saturated rings. The van der Waals surface area contributed by atoms with Crippen molar-refractivity contribution in [3.05, 3.63) is 122 Å². The fraction of sp³-hybridized carbons (Fsp3) is 0.0385. The van der Waals surface area contributed by atoms with Gasteiger partial charge in [-0.1, -0.05) is 46.7 Å². The van der Waals surface area contributed by atoms with E-state index in [0.29, 0.717) is 26.9 Å². The standard InChI is InChI=1S/C26H15Cl2N3O7S2/c27-16-6-4-14(5-7-16)23(32)21-22(15-2-1-3-17(28)12-15)30(25(34)24(21)33)26-29-13-20(39-26)40(37,38)19-10-8-18(9-11-19)31(35)36/h1-13,22,33H. The Kier molecular flexibility index (Phi) is 7.19. The fourth-order valence-electron chi connectivity index (χ4n) is 4.13. The SMILES string of the molecule is O=C(C1=C(O)C(=O)N(c2ncc(S(=O)(=O)c3ccc([N+](=O)[O-])cc3)s2)C1c1cccc(Cl)c1)c1ccc(Cl)cc1. The molecule has 1 amide bonds. The molecule has 1 N–H and O–H groups in total. The van der Waals surface area contributed by atoms with Crippen molar-refractivity contribution in [3.8, 4) is 0 Å². The highest BCUT2D eigenvalue weighted by atomic mass is 35.5. The number of benzene rings is 3. The van der Waals surface area contributed by atoms with E-state index in [9.17, 15) is 33.2 Å². The summed E-state index contributed by atoms with van der Waals surface area (Å²) in [7, 11) is -4.17. The van der Waals surface area contributed by atoms with Crippen LogP contribution in [-0.4, -0.2) is 35.1 Å². The number of aliphatic hydroxyl groups excluding tert-OH is 1. The minimum absolute atomic E-state index is 0.110. The molecule has 0 spiro atoms. The van der Waals surface area contributed by atoms with E-state index in [-0.39, 0.29) is 31.1 Å². The molecule has 1 unspecified atom stereocenters. The summed E-state index contributed by atoms with van der Waals surface area (Å²) >= 11 is 12.8. The summed E-state index contributed by atoms with van der Waals surface area (Å²) in [5.41, 5.74) is 0.00497. The number of aliphatic hydroxyl groups is 1. The van der Waals surface area contributed by atoms with Crippen molar-refractivity contribution in [1.82, 2.24) is 4.98 Å². The molecule has 0 aliphatic carbocycles. The zero-order valence-electron chi connectivity index (χ0n) is 19.9. The summed E-state index contributed by atoms with van der Waals surface area (Å²) in [6, 6.07) is 15.3. The highest BCUT2D eigenvalue weighted by Gasteiger charge is 2.46. The van der Waals surface area contributed by atoms with E-state index in [2.05, 4.69) is 4.98 Å². The molecule has 202 valence electrons. The highest BCUT2D eigenvalue weighted by Crippen LogP contribution is 2.44. The predicted octanol–water partition coefficient (Wildman–Crippen LogP) is 5.97. The van der Waals surface area contributed by atoms with Crippen molar-refractivity contribution in [2.24, 2.45) is 0 Å². The molecule has 40 heavy (non-hydrogen) atoms. The lowest BCUT2D eigenvalue weighted by Crippen LogP contribution is -2.31. The first-order valence-corrected chi connectivity index (χ1v) is 14.3. The van der Waals surface area contributed by atoms with Crippen LogP contribution in [0.15, 0.2) is 99.4 Å². The normalized spacial score (nSPS) is 15.5. The maximum absolute atomic E-state index is 13.6. The van der Waals surface area contributed by atoms with Gasteiger partial charge in [0.2, 0.25) is 9.84 Å². The number of carbonyl (C=O) groups is 2. The van der Waals surface area contributed by atoms with Crippen LogP contribution in [0.1, 0.15) is 22.0 Å². The summed E-state index contributed by atoms with van der Waals surface area (Å²) < 4.78 is 26.2. The molecule has 5 rings (SSSR count). The van der Waals surface area contributed by atoms with Gasteiger partial charge in [-0.05, 0) is 54.1 Å². The number of hydrogen-bond acceptors (Lipinski definition) is 9. The number of sulfone groups is 1. The lowest BCUT2D eigenvalue weighted by atomic mass is 9.93. The van der Waals surface area contributed by atoms with Gasteiger partial charge in [0.05, 0.1) is 27.6 Å². The van der Waals surface area contributed by atoms with Crippen molar-refractivity contribution in [2.75, 3.05) is 4.90 Å². The van der Waals surface area contributed by atoms with E-state index in [0.717, 1.165) is 35.4 Å². The Labute approximate surface area is 240 Å². The van der Waals surface area contributed by atoms with Crippen molar-refractivity contribution < 1.29 is 28.0 Å². The number of non-ortho nitro benzene ring substituents is 1. The van der Waals surface area contributed by atoms with Crippen LogP contribution < -0.4 is 4.90 Å². The number of halogens is 2. The Bertz CT molecular complexity index is 1820. The van der Waals surface area contributed by atoms with E-state index in [1.54, 1.807) is 18.2 Å². The first kappa shape index (κ1) is 27.5. The van der Waals surface area contributed by atoms with Gasteiger partial charge in [-0.3, -0.25) is 24.6 Å². The molecule has 2 heterocycles. The molecule has 0 saturated carbocycles. The number of anilines is 1. The average molecular weight is 616 g/mol. The van der Waals surface area contributed by atoms with E-state index in [4.69, 9.17) is 23.2 Å². The molecule has 14 heteroatoms. The number of aromatic nitrogens is 1. The smallest absolute Gasteiger partial charge is 0.296 e. The second kappa shape index (κ2) is 10.5. The summed E-state index contributed by atoms with van der Waals surface area (Å²) in [5, 5.41) is 22.4. The summed E-state index contributed by atoms with van der Waals surface area (Å²) in [5.74, 6) is -2.43. The zero-order valence-corrected chi connectivity index (χ0v) is 23.0. The number of nitrogens with zero attached hydrogens (tertiary/aromatic N) is 3. The van der Waals surface area contributed by atoms with Gasteiger partial charge in [0.15, 0.2) is 16.7 Å². The maximum Gasteiger partial charge on any atom is 0.296 e. The third-order valence-corrected chi connectivity index (χ3v) is 9.74. The number of nitro groups is 1. The fourth-order valence-corrected chi connectivity index (χ4v) is 7.00. The molecule has 0 radical (unpaired) electrons. The number of carbonyl (C=O) groups excluding carboxylic acids is 2. The van der Waals surface area contributed by atoms with Crippen LogP contribution in [0.4, 0.5) is 10.8 Å². The number of nitro benzene ring substituents is 1. The van der Waals surface area contributed by atoms with Crippen LogP contribution >= 0.6 is 34.5 Å². The van der Waals surface area contributed by atoms with Gasteiger partial charge in [-0.2, -0.15) is 0 Å². The molecule has 4 aromatic rings. The summed E-state index contributed by atoms with van der Waals surface area (Å²) in [4.78, 5) is 42.2. The van der Waals surface area contributed by atoms with Gasteiger partial charge >= 0.3 is 0 Å². The van der Waals surface area contributed by atoms with Crippen LogP contribution in [0, 0.1) is 10.1 Å². The highest BCUT2D eigenvalue weighted by molar-refractivity contribution is 7.93. The van der Waals surface area contributed by atoms with Crippen LogP contribution in [0.3, 0.4) is 0 Å². The molecule has 0 bridgehead atoms. The Balaban J connectivity index is 1.58. The number of amides is 1. The summed E-state index contributed by atoms with van der Waals surface area (Å²) in [6.07, 6.45) is 1.04. The van der Waals surface area contributed by atoms with E-state index in [1.165, 1.54) is 30.3 Å². The van der Waals surface area contributed by atoms with Crippen molar-refractivity contribution in [3.63, 3.8) is 0 Å². The summed E-state index contributed by atoms with van der Waals surface area (Å²) in [6.45, 7) is 0. The molecule has 3 aromatic carbocycles. The van der Waals surface area contributed by atoms with Crippen LogP contribution in [0.5, 0.6) is 0 Å². The Morgan fingerprint density at radius 2 is 1.70 bits per heavy atom. The first-order valence-electron chi connectivity index (χ1n) is 11.3. The van der Waals surface area contributed by atoms with Crippen LogP contribution in [-0.2, 0) is 14.6 Å². The number of thiazole rings is 1. The Hall–Kier alpha value is -4.10. The van der Waals surface area contributed by atoms with Gasteiger partial charge in [-0.15, -0.1) is 0 Å². The van der Waals surface area contributed by atoms with Crippen molar-refractivity contribution >= 4 is 66.9 Å². The Morgan fingerprint density at radius 3 is 2.33 bits per heavy atom. The van der Waals surface area contributed by atoms with Crippen LogP contribution in [0.25, 0.3) is 0 Å². The number of ketones is 1. The average Bonchev–Trinajstić information content (AvgIpc) is 3.52. The van der Waals surface area contributed by atoms with E-state index < -0.39 is 38.3 Å². The molecular formula is C26H15Cl2N3O7S2. The van der Waals surface area contributed by atoms with Crippen molar-refractivity contribution in [2.45, 2.75) is 15.1 Å². The van der Waals surface area contributed by atoms with Gasteiger partial charge < -0.3 is 5.11 Å². The van der Waals surface area contributed by atoms with Gasteiger partial charge in [0.1, 0.15) is 4.21 Å². The maximum atomic E-state index is 13.6. The third kappa shape index (κ3) is 4.86. The molecule has 1 aliphatic heterocycles. The second-order valence-electron chi connectivity index (χ2n) is 8.45. The lowest BCUT2D eigenvalue weighted by Gasteiger charge is -2.24. The van der Waals surface area contributed by atoms with E-state index >= 15 is 0 Å². The van der Waals surface area contributed by atoms with Gasteiger partial charge in [0, 0.05) is 27.7 Å². The van der Waals surface area contributed by atoms with Crippen LogP contribution in [0.2, 0.25) is 10.0 Å². The van der Waals surface area contributed by atoms with Gasteiger partial charge in [-0.25, -0.2) is 13.4 Å². The molecule has 10 nitrogen and oxygen atoms in total. The largest absolute Gasteiger partial charge is 0.503 e. The quantitative estimate of drug-likeness (QED) is 0.152. The zero-order chi connectivity index (χ0) is 28.8. The minimum Gasteiger partial charge on any atom is -0.503 e. The number of Topliss-reactive ketones (excluding diaryl/α,β-unsaturated/α-hetero) is 1. The Morgan fingerprint density at radius 1 is 1.02 bits per heavy atom. The second-order valence-corrected chi connectivity index (χ2v) is 12.5. The van der Waals surface area contributed by atoms with Gasteiger partial charge in [0.25, 0.3) is 11.6 Å². The topological polar surface area (TPSA) is 148 Å². The monoisotopic (exact) mass is 615 g/mol. The predicted molar refractivity (Wildman–Crippen MR) is 148 cm³/mol. The number of rotatable bonds is 7. The first-order chi connectivity index (χ1) is 19.0. The minimum atomic E-state index is -4.17. The third-order valence-electron chi connectivity index (χ3n) is 6.02. The lowest BCUT2D eigenvalue weighted by molar-refractivity contribution is -0.384. The van der Waals surface area contributed by atoms with E-state index in [1.807, 2.05) is 0 Å². The molecule has 1 aromatic heterocycles. The van der Waals surface area contributed by atoms with Crippen molar-refractivity contribution in [1.29, 1.82) is 0 Å². The molecular weight excluding hydrogens is 601 g/mol. The number of hydrogen-bond donors (Lipinski definition) is 1. The molecule has 0 saturated heterocycles.